The lowest BCUT2D eigenvalue weighted by Crippen LogP contribution is -2.41. The van der Waals surface area contributed by atoms with Crippen molar-refractivity contribution in [3.63, 3.8) is 0 Å². The van der Waals surface area contributed by atoms with Crippen LogP contribution in [-0.2, 0) is 11.4 Å². The number of piperidine rings is 1. The fourth-order valence-electron chi connectivity index (χ4n) is 5.37. The quantitative estimate of drug-likeness (QED) is 0.262. The van der Waals surface area contributed by atoms with Gasteiger partial charge in [0.15, 0.2) is 17.5 Å². The molecule has 0 radical (unpaired) electrons. The summed E-state index contributed by atoms with van der Waals surface area (Å²) in [6, 6.07) is 6.99. The Labute approximate surface area is 230 Å². The normalized spacial score (nSPS) is 15.8. The average molecular weight is 557 g/mol. The molecule has 7 nitrogen and oxygen atoms in total. The molecule has 0 amide bonds. The van der Waals surface area contributed by atoms with Gasteiger partial charge in [-0.1, -0.05) is 11.8 Å². The zero-order valence-electron chi connectivity index (χ0n) is 22.1. The van der Waals surface area contributed by atoms with Gasteiger partial charge in [-0.15, -0.1) is 0 Å². The van der Waals surface area contributed by atoms with Crippen LogP contribution in [-0.4, -0.2) is 57.9 Å². The van der Waals surface area contributed by atoms with E-state index in [9.17, 15) is 33.3 Å². The Balaban J connectivity index is 1.45. The number of aliphatic hydroxyl groups excluding tert-OH is 2. The minimum absolute atomic E-state index is 0.0334. The minimum atomic E-state index is -1.54. The highest BCUT2D eigenvalue weighted by atomic mass is 19.2. The lowest BCUT2D eigenvalue weighted by atomic mass is 9.71. The van der Waals surface area contributed by atoms with Gasteiger partial charge in [0.05, 0.1) is 38.3 Å². The molecule has 1 saturated heterocycles. The number of nitrogens with zero attached hydrogens (tertiary/aromatic N) is 2. The summed E-state index contributed by atoms with van der Waals surface area (Å²) < 4.78 is 45.3. The van der Waals surface area contributed by atoms with E-state index in [1.54, 1.807) is 18.2 Å². The lowest BCUT2D eigenvalue weighted by molar-refractivity contribution is -0.141. The number of hydrogen-bond acceptors (Lipinski definition) is 6. The van der Waals surface area contributed by atoms with Crippen molar-refractivity contribution in [3.05, 3.63) is 70.7 Å². The van der Waals surface area contributed by atoms with Gasteiger partial charge in [-0.2, -0.15) is 0 Å². The van der Waals surface area contributed by atoms with E-state index in [-0.39, 0.29) is 25.0 Å². The van der Waals surface area contributed by atoms with Gasteiger partial charge in [-0.3, -0.25) is 14.7 Å². The standard InChI is InChI=1S/C30H31F3N2O5/c1-40-21-4-5-25-22(15-21)28(20(18-36)17-34-25)26(37)6-7-30(16-27(38)39)8-11-35(12-9-30)10-2-3-19-13-23(31)29(33)24(32)14-19/h4-5,13-15,17,26,36-37H,6-12,16,18H2,1H3,(H,38,39)/t26-/m1/s1. The van der Waals surface area contributed by atoms with Crippen molar-refractivity contribution in [2.45, 2.75) is 44.8 Å². The van der Waals surface area contributed by atoms with Gasteiger partial charge in [0.1, 0.15) is 5.75 Å². The van der Waals surface area contributed by atoms with Crippen LogP contribution in [0.4, 0.5) is 13.2 Å². The number of aromatic nitrogens is 1. The third-order valence-electron chi connectivity index (χ3n) is 7.61. The number of hydrogen-bond donors (Lipinski definition) is 3. The van der Waals surface area contributed by atoms with Gasteiger partial charge in [-0.25, -0.2) is 13.2 Å². The van der Waals surface area contributed by atoms with Gasteiger partial charge in [0, 0.05) is 22.7 Å². The maximum atomic E-state index is 13.4. The Kier molecular flexibility index (Phi) is 9.30. The van der Waals surface area contributed by atoms with Crippen LogP contribution in [0.1, 0.15) is 54.9 Å². The number of likely N-dealkylation sites (tertiary alicyclic amines) is 1. The largest absolute Gasteiger partial charge is 0.497 e. The molecule has 1 aromatic heterocycles. The number of halogens is 3. The molecule has 1 aliphatic heterocycles. The predicted molar refractivity (Wildman–Crippen MR) is 142 cm³/mol. The molecule has 3 aromatic rings. The monoisotopic (exact) mass is 556 g/mol. The van der Waals surface area contributed by atoms with E-state index < -0.39 is 34.9 Å². The van der Waals surface area contributed by atoms with Crippen molar-refractivity contribution in [2.75, 3.05) is 26.7 Å². The summed E-state index contributed by atoms with van der Waals surface area (Å²) in [6.07, 6.45) is 2.40. The van der Waals surface area contributed by atoms with Crippen LogP contribution in [0.15, 0.2) is 36.5 Å². The van der Waals surface area contributed by atoms with Gasteiger partial charge >= 0.3 is 5.97 Å². The average Bonchev–Trinajstić information content (AvgIpc) is 2.94. The summed E-state index contributed by atoms with van der Waals surface area (Å²) in [4.78, 5) is 18.2. The number of fused-ring (bicyclic) bond motifs is 1. The van der Waals surface area contributed by atoms with Crippen LogP contribution < -0.4 is 4.74 Å². The molecule has 2 heterocycles. The highest BCUT2D eigenvalue weighted by molar-refractivity contribution is 5.85. The number of aliphatic hydroxyl groups is 2. The molecule has 3 N–H and O–H groups in total. The van der Waals surface area contributed by atoms with Crippen molar-refractivity contribution >= 4 is 16.9 Å². The van der Waals surface area contributed by atoms with E-state index in [4.69, 9.17) is 4.74 Å². The lowest BCUT2D eigenvalue weighted by Gasteiger charge is -2.41. The summed E-state index contributed by atoms with van der Waals surface area (Å²) in [5.74, 6) is 1.03. The zero-order valence-corrected chi connectivity index (χ0v) is 22.1. The molecule has 1 fully saturated rings. The smallest absolute Gasteiger partial charge is 0.303 e. The molecule has 40 heavy (non-hydrogen) atoms. The molecular formula is C30H31F3N2O5. The predicted octanol–water partition coefficient (Wildman–Crippen LogP) is 4.58. The second-order valence-electron chi connectivity index (χ2n) is 10.2. The highest BCUT2D eigenvalue weighted by Crippen LogP contribution is 2.42. The molecule has 0 spiro atoms. The molecule has 4 rings (SSSR count). The van der Waals surface area contributed by atoms with Crippen molar-refractivity contribution < 1.29 is 38.0 Å². The number of pyridine rings is 1. The SMILES string of the molecule is COc1ccc2ncc(CO)c([C@H](O)CCC3(CC(=O)O)CCN(CC#Cc4cc(F)c(F)c(F)c4)CC3)c2c1. The molecule has 1 aliphatic rings. The van der Waals surface area contributed by atoms with Crippen LogP contribution in [0.25, 0.3) is 10.9 Å². The first-order valence-corrected chi connectivity index (χ1v) is 13.0. The maximum absolute atomic E-state index is 13.4. The number of carboxylic acids is 1. The molecule has 0 saturated carbocycles. The van der Waals surface area contributed by atoms with E-state index in [2.05, 4.69) is 16.8 Å². The fraction of sp³-hybridized carbons (Fsp3) is 0.400. The summed E-state index contributed by atoms with van der Waals surface area (Å²) in [5, 5.41) is 31.5. The summed E-state index contributed by atoms with van der Waals surface area (Å²) >= 11 is 0. The number of carboxylic acid groups (broad SMARTS) is 1. The second kappa shape index (κ2) is 12.7. The Morgan fingerprint density at radius 1 is 1.18 bits per heavy atom. The number of ether oxygens (including phenoxy) is 1. The van der Waals surface area contributed by atoms with Crippen LogP contribution in [0.5, 0.6) is 5.75 Å². The first kappa shape index (κ1) is 29.3. The van der Waals surface area contributed by atoms with Crippen LogP contribution >= 0.6 is 0 Å². The van der Waals surface area contributed by atoms with E-state index in [0.29, 0.717) is 66.7 Å². The maximum Gasteiger partial charge on any atom is 0.303 e. The van der Waals surface area contributed by atoms with Crippen LogP contribution in [0.3, 0.4) is 0 Å². The topological polar surface area (TPSA) is 103 Å². The van der Waals surface area contributed by atoms with Gasteiger partial charge in [0.2, 0.25) is 0 Å². The zero-order chi connectivity index (χ0) is 28.9. The highest BCUT2D eigenvalue weighted by Gasteiger charge is 2.37. The second-order valence-corrected chi connectivity index (χ2v) is 10.2. The van der Waals surface area contributed by atoms with E-state index in [0.717, 1.165) is 12.1 Å². The Hall–Kier alpha value is -3.65. The minimum Gasteiger partial charge on any atom is -0.497 e. The van der Waals surface area contributed by atoms with E-state index in [1.165, 1.54) is 13.3 Å². The molecule has 0 aliphatic carbocycles. The number of carbonyl (C=O) groups is 1. The third-order valence-corrected chi connectivity index (χ3v) is 7.61. The van der Waals surface area contributed by atoms with E-state index in [1.807, 2.05) is 4.90 Å². The van der Waals surface area contributed by atoms with Gasteiger partial charge < -0.3 is 20.1 Å². The van der Waals surface area contributed by atoms with Gasteiger partial charge in [-0.05, 0) is 80.1 Å². The number of aliphatic carboxylic acids is 1. The summed E-state index contributed by atoms with van der Waals surface area (Å²) in [6.45, 7) is 1.11. The summed E-state index contributed by atoms with van der Waals surface area (Å²) in [7, 11) is 1.54. The van der Waals surface area contributed by atoms with Crippen LogP contribution in [0, 0.1) is 34.7 Å². The molecular weight excluding hydrogens is 525 g/mol. The molecule has 2 aromatic carbocycles. The number of methoxy groups -OCH3 is 1. The first-order valence-electron chi connectivity index (χ1n) is 13.0. The Morgan fingerprint density at radius 2 is 1.88 bits per heavy atom. The molecule has 212 valence electrons. The Morgan fingerprint density at radius 3 is 2.50 bits per heavy atom. The molecule has 0 unspecified atom stereocenters. The van der Waals surface area contributed by atoms with Gasteiger partial charge in [0.25, 0.3) is 0 Å². The molecule has 0 bridgehead atoms. The fourth-order valence-corrected chi connectivity index (χ4v) is 5.37. The first-order chi connectivity index (χ1) is 19.1. The Bertz CT molecular complexity index is 1420. The molecule has 10 heteroatoms. The van der Waals surface area contributed by atoms with E-state index >= 15 is 0 Å². The number of rotatable bonds is 9. The third kappa shape index (κ3) is 6.73. The van der Waals surface area contributed by atoms with Crippen LogP contribution in [0.2, 0.25) is 0 Å². The van der Waals surface area contributed by atoms with Crippen molar-refractivity contribution in [1.82, 2.24) is 9.88 Å². The van der Waals surface area contributed by atoms with Crippen molar-refractivity contribution in [2.24, 2.45) is 5.41 Å². The summed E-state index contributed by atoms with van der Waals surface area (Å²) in [5.41, 5.74) is 1.19. The number of benzene rings is 2. The van der Waals surface area contributed by atoms with Crippen molar-refractivity contribution in [1.29, 1.82) is 0 Å². The molecule has 1 atom stereocenters. The van der Waals surface area contributed by atoms with Crippen molar-refractivity contribution in [3.8, 4) is 17.6 Å².